The average Bonchev–Trinajstić information content (AvgIpc) is 2.71. The van der Waals surface area contributed by atoms with E-state index >= 15 is 0 Å². The second-order valence-corrected chi connectivity index (χ2v) is 5.15. The lowest BCUT2D eigenvalue weighted by Gasteiger charge is -2.37. The van der Waals surface area contributed by atoms with E-state index in [-0.39, 0.29) is 5.60 Å². The molecule has 1 aromatic carbocycles. The molecule has 4 heteroatoms. The largest absolute Gasteiger partial charge is 0.487 e. The zero-order valence-electron chi connectivity index (χ0n) is 10.4. The summed E-state index contributed by atoms with van der Waals surface area (Å²) in [4.78, 5) is 0. The molecule has 2 aliphatic heterocycles. The molecule has 0 radical (unpaired) electrons. The van der Waals surface area contributed by atoms with E-state index in [1.165, 1.54) is 0 Å². The minimum Gasteiger partial charge on any atom is -0.487 e. The number of nitrogens with one attached hydrogen (secondary N) is 1. The first-order valence-electron chi connectivity index (χ1n) is 5.89. The van der Waals surface area contributed by atoms with Gasteiger partial charge in [-0.3, -0.25) is 0 Å². The van der Waals surface area contributed by atoms with E-state index in [9.17, 15) is 0 Å². The maximum absolute atomic E-state index is 6.00. The van der Waals surface area contributed by atoms with Crippen molar-refractivity contribution < 1.29 is 14.2 Å². The number of hydrogen-bond acceptors (Lipinski definition) is 4. The van der Waals surface area contributed by atoms with Gasteiger partial charge in [0.25, 0.3) is 0 Å². The van der Waals surface area contributed by atoms with Crippen LogP contribution in [0.5, 0.6) is 17.2 Å². The van der Waals surface area contributed by atoms with Crippen molar-refractivity contribution in [3.63, 3.8) is 0 Å². The maximum atomic E-state index is 6.00. The molecule has 0 aromatic heterocycles. The summed E-state index contributed by atoms with van der Waals surface area (Å²) >= 11 is 0. The van der Waals surface area contributed by atoms with Crippen LogP contribution >= 0.6 is 0 Å². The molecule has 0 saturated carbocycles. The molecule has 92 valence electrons. The summed E-state index contributed by atoms with van der Waals surface area (Å²) in [6.45, 7) is 4.50. The van der Waals surface area contributed by atoms with Crippen LogP contribution in [0.15, 0.2) is 12.1 Å². The molecule has 0 amide bonds. The van der Waals surface area contributed by atoms with Crippen LogP contribution < -0.4 is 19.5 Å². The minimum atomic E-state index is -0.158. The molecule has 3 rings (SSSR count). The summed E-state index contributed by atoms with van der Waals surface area (Å²) in [5.74, 6) is 2.48. The first-order chi connectivity index (χ1) is 8.09. The highest BCUT2D eigenvalue weighted by Gasteiger charge is 2.34. The van der Waals surface area contributed by atoms with Gasteiger partial charge in [-0.15, -0.1) is 0 Å². The highest BCUT2D eigenvalue weighted by Crippen LogP contribution is 2.46. The van der Waals surface area contributed by atoms with Crippen molar-refractivity contribution in [3.8, 4) is 17.2 Å². The van der Waals surface area contributed by atoms with Gasteiger partial charge in [0, 0.05) is 24.1 Å². The average molecular weight is 235 g/mol. The molecule has 1 N–H and O–H groups in total. The molecule has 1 atom stereocenters. The van der Waals surface area contributed by atoms with Gasteiger partial charge in [0.15, 0.2) is 11.5 Å². The van der Waals surface area contributed by atoms with Crippen molar-refractivity contribution in [2.75, 3.05) is 13.8 Å². The number of fused-ring (bicyclic) bond motifs is 2. The fourth-order valence-corrected chi connectivity index (χ4v) is 2.50. The summed E-state index contributed by atoms with van der Waals surface area (Å²) < 4.78 is 16.8. The van der Waals surface area contributed by atoms with Crippen molar-refractivity contribution in [1.29, 1.82) is 0 Å². The van der Waals surface area contributed by atoms with Gasteiger partial charge in [0.2, 0.25) is 6.79 Å². The Morgan fingerprint density at radius 2 is 1.88 bits per heavy atom. The third-order valence-electron chi connectivity index (χ3n) is 3.31. The Labute approximate surface area is 101 Å². The second-order valence-electron chi connectivity index (χ2n) is 5.15. The zero-order chi connectivity index (χ0) is 12.0. The van der Waals surface area contributed by atoms with E-state index in [1.807, 2.05) is 19.2 Å². The highest BCUT2D eigenvalue weighted by molar-refractivity contribution is 5.53. The lowest BCUT2D eigenvalue weighted by Crippen LogP contribution is -2.38. The summed E-state index contributed by atoms with van der Waals surface area (Å²) in [7, 11) is 1.97. The topological polar surface area (TPSA) is 39.7 Å². The summed E-state index contributed by atoms with van der Waals surface area (Å²) in [5, 5.41) is 3.33. The van der Waals surface area contributed by atoms with Crippen molar-refractivity contribution >= 4 is 0 Å². The van der Waals surface area contributed by atoms with E-state index in [1.54, 1.807) is 0 Å². The van der Waals surface area contributed by atoms with Crippen molar-refractivity contribution in [1.82, 2.24) is 5.32 Å². The van der Waals surface area contributed by atoms with Crippen LogP contribution in [0.3, 0.4) is 0 Å². The number of rotatable bonds is 1. The molecule has 4 nitrogen and oxygen atoms in total. The predicted molar refractivity (Wildman–Crippen MR) is 63.7 cm³/mol. The normalized spacial score (nSPS) is 24.1. The van der Waals surface area contributed by atoms with Gasteiger partial charge in [0.05, 0.1) is 0 Å². The molecule has 1 unspecified atom stereocenters. The number of hydrogen-bond donors (Lipinski definition) is 1. The van der Waals surface area contributed by atoms with Crippen LogP contribution in [0, 0.1) is 0 Å². The van der Waals surface area contributed by atoms with Crippen molar-refractivity contribution in [2.45, 2.75) is 31.9 Å². The predicted octanol–water partition coefficient (Wildman–Crippen LogP) is 2.24. The van der Waals surface area contributed by atoms with Crippen molar-refractivity contribution in [2.24, 2.45) is 0 Å². The molecule has 0 saturated heterocycles. The maximum Gasteiger partial charge on any atom is 0.231 e. The molecular formula is C13H17NO3. The van der Waals surface area contributed by atoms with Gasteiger partial charge in [-0.25, -0.2) is 0 Å². The lowest BCUT2D eigenvalue weighted by molar-refractivity contribution is 0.0673. The van der Waals surface area contributed by atoms with E-state index in [0.717, 1.165) is 29.2 Å². The molecule has 2 heterocycles. The molecule has 0 bridgehead atoms. The van der Waals surface area contributed by atoms with Crippen LogP contribution in [0.1, 0.15) is 31.9 Å². The van der Waals surface area contributed by atoms with Crippen LogP contribution in [0.25, 0.3) is 0 Å². The third kappa shape index (κ3) is 1.72. The van der Waals surface area contributed by atoms with Gasteiger partial charge >= 0.3 is 0 Å². The third-order valence-corrected chi connectivity index (χ3v) is 3.31. The van der Waals surface area contributed by atoms with Crippen LogP contribution in [0.2, 0.25) is 0 Å². The van der Waals surface area contributed by atoms with Gasteiger partial charge in [-0.2, -0.15) is 0 Å². The standard InChI is InChI=1S/C13H17NO3/c1-13(2)6-9(14-3)8-4-11-12(16-7-15-11)5-10(8)17-13/h4-5,9,14H,6-7H2,1-3H3. The van der Waals surface area contributed by atoms with Crippen LogP contribution in [-0.4, -0.2) is 19.4 Å². The van der Waals surface area contributed by atoms with E-state index in [4.69, 9.17) is 14.2 Å². The summed E-state index contributed by atoms with van der Waals surface area (Å²) in [6.07, 6.45) is 0.941. The number of benzene rings is 1. The second kappa shape index (κ2) is 3.53. The Hall–Kier alpha value is -1.42. The van der Waals surface area contributed by atoms with Gasteiger partial charge in [0.1, 0.15) is 11.4 Å². The Morgan fingerprint density at radius 1 is 1.18 bits per heavy atom. The summed E-state index contributed by atoms with van der Waals surface area (Å²) in [5.41, 5.74) is 0.991. The van der Waals surface area contributed by atoms with E-state index in [0.29, 0.717) is 12.8 Å². The lowest BCUT2D eigenvalue weighted by atomic mass is 9.89. The Balaban J connectivity index is 2.08. The Morgan fingerprint density at radius 3 is 2.59 bits per heavy atom. The van der Waals surface area contributed by atoms with E-state index < -0.39 is 0 Å². The van der Waals surface area contributed by atoms with E-state index in [2.05, 4.69) is 19.2 Å². The molecular weight excluding hydrogens is 218 g/mol. The molecule has 0 fully saturated rings. The SMILES string of the molecule is CNC1CC(C)(C)Oc2cc3c(cc21)OCO3. The van der Waals surface area contributed by atoms with Crippen LogP contribution in [0.4, 0.5) is 0 Å². The first kappa shape index (κ1) is 10.7. The van der Waals surface area contributed by atoms with Crippen molar-refractivity contribution in [3.05, 3.63) is 17.7 Å². The fourth-order valence-electron chi connectivity index (χ4n) is 2.50. The Kier molecular flexibility index (Phi) is 2.23. The monoisotopic (exact) mass is 235 g/mol. The zero-order valence-corrected chi connectivity index (χ0v) is 10.4. The van der Waals surface area contributed by atoms with Crippen LogP contribution in [-0.2, 0) is 0 Å². The number of ether oxygens (including phenoxy) is 3. The molecule has 1 aromatic rings. The molecule has 17 heavy (non-hydrogen) atoms. The Bertz CT molecular complexity index is 456. The highest BCUT2D eigenvalue weighted by atomic mass is 16.7. The molecule has 0 spiro atoms. The summed E-state index contributed by atoms with van der Waals surface area (Å²) in [6, 6.07) is 4.25. The smallest absolute Gasteiger partial charge is 0.231 e. The quantitative estimate of drug-likeness (QED) is 0.810. The minimum absolute atomic E-state index is 0.158. The van der Waals surface area contributed by atoms with Gasteiger partial charge < -0.3 is 19.5 Å². The van der Waals surface area contributed by atoms with Gasteiger partial charge in [-0.1, -0.05) is 0 Å². The fraction of sp³-hybridized carbons (Fsp3) is 0.538. The first-order valence-corrected chi connectivity index (χ1v) is 5.89. The molecule has 2 aliphatic rings. The van der Waals surface area contributed by atoms with Gasteiger partial charge in [-0.05, 0) is 27.0 Å². The molecule has 0 aliphatic carbocycles.